The molecule has 0 heteroatoms. The fraction of sp³-hybridized carbons (Fsp3) is 0.200. The van der Waals surface area contributed by atoms with Crippen molar-refractivity contribution >= 4 is 0 Å². The molecule has 0 bridgehead atoms. The molecule has 0 heterocycles. The van der Waals surface area contributed by atoms with Crippen molar-refractivity contribution in [3.63, 3.8) is 0 Å². The van der Waals surface area contributed by atoms with Gasteiger partial charge in [0.2, 0.25) is 0 Å². The van der Waals surface area contributed by atoms with Crippen LogP contribution in [0.4, 0.5) is 0 Å². The van der Waals surface area contributed by atoms with E-state index in [1.54, 1.807) is 0 Å². The van der Waals surface area contributed by atoms with E-state index < -0.39 is 0 Å². The third-order valence-electron chi connectivity index (χ3n) is 3.22. The first-order chi connectivity index (χ1) is 7.33. The van der Waals surface area contributed by atoms with Crippen LogP contribution >= 0.6 is 0 Å². The first-order valence-corrected chi connectivity index (χ1v) is 5.52. The van der Waals surface area contributed by atoms with Gasteiger partial charge in [-0.05, 0) is 42.0 Å². The summed E-state index contributed by atoms with van der Waals surface area (Å²) in [7, 11) is 0. The Morgan fingerprint density at radius 1 is 0.800 bits per heavy atom. The number of hydrogen-bond acceptors (Lipinski definition) is 0. The zero-order valence-electron chi connectivity index (χ0n) is 8.96. The van der Waals surface area contributed by atoms with Crippen LogP contribution in [-0.4, -0.2) is 0 Å². The lowest BCUT2D eigenvalue weighted by Gasteiger charge is -2.19. The smallest absolute Gasteiger partial charge is 0.0181 e. The maximum Gasteiger partial charge on any atom is -0.0181 e. The van der Waals surface area contributed by atoms with Gasteiger partial charge in [-0.1, -0.05) is 48.0 Å². The molecule has 0 saturated heterocycles. The van der Waals surface area contributed by atoms with E-state index in [0.29, 0.717) is 0 Å². The van der Waals surface area contributed by atoms with Gasteiger partial charge in [0.1, 0.15) is 0 Å². The summed E-state index contributed by atoms with van der Waals surface area (Å²) in [6.45, 7) is 2.14. The molecule has 3 rings (SSSR count). The van der Waals surface area contributed by atoms with Crippen LogP contribution in [0.15, 0.2) is 42.5 Å². The van der Waals surface area contributed by atoms with E-state index in [1.165, 1.54) is 40.7 Å². The predicted octanol–water partition coefficient (Wildman–Crippen LogP) is 3.76. The molecule has 2 aromatic rings. The highest BCUT2D eigenvalue weighted by Crippen LogP contribution is 2.29. The molecule has 0 atom stereocenters. The van der Waals surface area contributed by atoms with Crippen LogP contribution in [0.5, 0.6) is 0 Å². The van der Waals surface area contributed by atoms with E-state index in [4.69, 9.17) is 0 Å². The Morgan fingerprint density at radius 3 is 2.27 bits per heavy atom. The number of rotatable bonds is 1. The average Bonchev–Trinajstić information content (AvgIpc) is 2.20. The Kier molecular flexibility index (Phi) is 1.88. The van der Waals surface area contributed by atoms with Crippen molar-refractivity contribution in [1.82, 2.24) is 0 Å². The summed E-state index contributed by atoms with van der Waals surface area (Å²) in [6.07, 6.45) is 2.53. The van der Waals surface area contributed by atoms with Gasteiger partial charge < -0.3 is 0 Å². The van der Waals surface area contributed by atoms with Crippen LogP contribution in [0.1, 0.15) is 16.7 Å². The Hall–Kier alpha value is -1.56. The Bertz CT molecular complexity index is 509. The van der Waals surface area contributed by atoms with Crippen LogP contribution in [-0.2, 0) is 12.8 Å². The molecule has 2 aromatic carbocycles. The molecule has 0 nitrogen and oxygen atoms in total. The number of benzene rings is 2. The quantitative estimate of drug-likeness (QED) is 0.648. The zero-order chi connectivity index (χ0) is 10.3. The minimum Gasteiger partial charge on any atom is -0.0614 e. The minimum atomic E-state index is 1.26. The van der Waals surface area contributed by atoms with Gasteiger partial charge in [-0.2, -0.15) is 0 Å². The molecule has 15 heavy (non-hydrogen) atoms. The highest BCUT2D eigenvalue weighted by Gasteiger charge is 2.12. The SMILES string of the molecule is Cc1cccc(-c2ccc3c(c2)CC3)c1. The molecule has 0 amide bonds. The van der Waals surface area contributed by atoms with Crippen molar-refractivity contribution in [1.29, 1.82) is 0 Å². The Labute approximate surface area is 90.6 Å². The largest absolute Gasteiger partial charge is 0.0614 e. The molecule has 0 saturated carbocycles. The second kappa shape index (κ2) is 3.23. The molecule has 0 aromatic heterocycles. The first kappa shape index (κ1) is 8.72. The topological polar surface area (TPSA) is 0 Å². The van der Waals surface area contributed by atoms with Gasteiger partial charge >= 0.3 is 0 Å². The molecule has 0 N–H and O–H groups in total. The van der Waals surface area contributed by atoms with Crippen molar-refractivity contribution in [2.75, 3.05) is 0 Å². The van der Waals surface area contributed by atoms with Crippen LogP contribution < -0.4 is 0 Å². The maximum absolute atomic E-state index is 2.34. The minimum absolute atomic E-state index is 1.26. The van der Waals surface area contributed by atoms with E-state index in [0.717, 1.165) is 0 Å². The summed E-state index contributed by atoms with van der Waals surface area (Å²) in [5.41, 5.74) is 7.09. The van der Waals surface area contributed by atoms with Crippen molar-refractivity contribution in [2.45, 2.75) is 19.8 Å². The lowest BCUT2D eigenvalue weighted by atomic mass is 9.86. The monoisotopic (exact) mass is 194 g/mol. The number of hydrogen-bond donors (Lipinski definition) is 0. The third kappa shape index (κ3) is 1.46. The van der Waals surface area contributed by atoms with Gasteiger partial charge in [0.15, 0.2) is 0 Å². The van der Waals surface area contributed by atoms with E-state index >= 15 is 0 Å². The molecule has 0 radical (unpaired) electrons. The second-order valence-corrected chi connectivity index (χ2v) is 4.35. The van der Waals surface area contributed by atoms with Gasteiger partial charge in [-0.25, -0.2) is 0 Å². The lowest BCUT2D eigenvalue weighted by Crippen LogP contribution is -2.07. The molecular formula is C15H14. The van der Waals surface area contributed by atoms with Crippen molar-refractivity contribution in [3.8, 4) is 11.1 Å². The lowest BCUT2D eigenvalue weighted by molar-refractivity contribution is 0.840. The highest BCUT2D eigenvalue weighted by molar-refractivity contribution is 5.66. The van der Waals surface area contributed by atoms with Crippen LogP contribution in [0, 0.1) is 6.92 Å². The Balaban J connectivity index is 2.09. The molecule has 1 aliphatic carbocycles. The summed E-state index contributed by atoms with van der Waals surface area (Å²) in [4.78, 5) is 0. The highest BCUT2D eigenvalue weighted by atomic mass is 14.2. The molecule has 0 aliphatic heterocycles. The molecule has 1 aliphatic rings. The number of aryl methyl sites for hydroxylation is 3. The Morgan fingerprint density at radius 2 is 1.60 bits per heavy atom. The van der Waals surface area contributed by atoms with Gasteiger partial charge in [0.25, 0.3) is 0 Å². The van der Waals surface area contributed by atoms with E-state index in [1.807, 2.05) is 0 Å². The van der Waals surface area contributed by atoms with Crippen LogP contribution in [0.3, 0.4) is 0 Å². The van der Waals surface area contributed by atoms with E-state index in [9.17, 15) is 0 Å². The van der Waals surface area contributed by atoms with Crippen molar-refractivity contribution < 1.29 is 0 Å². The van der Waals surface area contributed by atoms with Gasteiger partial charge in [-0.15, -0.1) is 0 Å². The normalized spacial score (nSPS) is 13.1. The summed E-state index contributed by atoms with van der Waals surface area (Å²) >= 11 is 0. The average molecular weight is 194 g/mol. The first-order valence-electron chi connectivity index (χ1n) is 5.52. The van der Waals surface area contributed by atoms with Crippen LogP contribution in [0.2, 0.25) is 0 Å². The van der Waals surface area contributed by atoms with E-state index in [2.05, 4.69) is 49.4 Å². The second-order valence-electron chi connectivity index (χ2n) is 4.35. The summed E-state index contributed by atoms with van der Waals surface area (Å²) < 4.78 is 0. The molecule has 0 spiro atoms. The van der Waals surface area contributed by atoms with E-state index in [-0.39, 0.29) is 0 Å². The standard InChI is InChI=1S/C15H14/c1-11-3-2-4-13(9-11)15-8-6-12-5-7-14(12)10-15/h2-4,6,8-10H,5,7H2,1H3. The molecular weight excluding hydrogens is 180 g/mol. The molecule has 0 unspecified atom stereocenters. The molecule has 74 valence electrons. The van der Waals surface area contributed by atoms with Crippen molar-refractivity contribution in [3.05, 3.63) is 59.2 Å². The summed E-state index contributed by atoms with van der Waals surface area (Å²) in [5, 5.41) is 0. The number of fused-ring (bicyclic) bond motifs is 1. The van der Waals surface area contributed by atoms with Gasteiger partial charge in [0, 0.05) is 0 Å². The van der Waals surface area contributed by atoms with Crippen LogP contribution in [0.25, 0.3) is 11.1 Å². The van der Waals surface area contributed by atoms with Gasteiger partial charge in [-0.3, -0.25) is 0 Å². The predicted molar refractivity (Wildman–Crippen MR) is 64.0 cm³/mol. The summed E-state index contributed by atoms with van der Waals surface area (Å²) in [6, 6.07) is 15.6. The maximum atomic E-state index is 2.34. The van der Waals surface area contributed by atoms with Crippen molar-refractivity contribution in [2.24, 2.45) is 0 Å². The van der Waals surface area contributed by atoms with Gasteiger partial charge in [0.05, 0.1) is 0 Å². The fourth-order valence-electron chi connectivity index (χ4n) is 2.20. The molecule has 0 fully saturated rings. The fourth-order valence-corrected chi connectivity index (χ4v) is 2.20. The summed E-state index contributed by atoms with van der Waals surface area (Å²) in [5.74, 6) is 0. The third-order valence-corrected chi connectivity index (χ3v) is 3.22. The zero-order valence-corrected chi connectivity index (χ0v) is 8.96.